The standard InChI is InChI=1S/C24H33N5O4S/c1-24(2)15-27(3)8-9-29(24)11-16-6-7-19(18(10-16)22(31)33-5)25-21(30)20-14-34-23(26-20)28-12-17(13-28)32-4/h6-7,10,14,17H,8-9,11-13,15H2,1-5H3,(H,25,30). The number of methoxy groups -OCH3 is 2. The molecule has 1 aromatic carbocycles. The first-order chi connectivity index (χ1) is 16.2. The van der Waals surface area contributed by atoms with E-state index in [0.717, 1.165) is 43.4 Å². The Labute approximate surface area is 204 Å². The van der Waals surface area contributed by atoms with E-state index in [1.807, 2.05) is 12.1 Å². The first-order valence-corrected chi connectivity index (χ1v) is 12.3. The number of esters is 1. The third-order valence-corrected chi connectivity index (χ3v) is 7.45. The molecule has 1 N–H and O–H groups in total. The number of hydrogen-bond donors (Lipinski definition) is 1. The lowest BCUT2D eigenvalue weighted by Crippen LogP contribution is -2.57. The summed E-state index contributed by atoms with van der Waals surface area (Å²) in [4.78, 5) is 36.7. The lowest BCUT2D eigenvalue weighted by atomic mass is 9.97. The molecular weight excluding hydrogens is 454 g/mol. The molecule has 34 heavy (non-hydrogen) atoms. The number of carbonyl (C=O) groups is 2. The zero-order valence-corrected chi connectivity index (χ0v) is 21.3. The van der Waals surface area contributed by atoms with E-state index >= 15 is 0 Å². The van der Waals surface area contributed by atoms with Gasteiger partial charge in [-0.2, -0.15) is 0 Å². The molecule has 184 valence electrons. The third-order valence-electron chi connectivity index (χ3n) is 6.55. The van der Waals surface area contributed by atoms with Crippen molar-refractivity contribution >= 4 is 34.0 Å². The number of anilines is 2. The summed E-state index contributed by atoms with van der Waals surface area (Å²) >= 11 is 1.42. The van der Waals surface area contributed by atoms with Crippen molar-refractivity contribution in [1.82, 2.24) is 14.8 Å². The number of rotatable bonds is 7. The monoisotopic (exact) mass is 487 g/mol. The summed E-state index contributed by atoms with van der Waals surface area (Å²) in [6, 6.07) is 5.54. The van der Waals surface area contributed by atoms with Crippen LogP contribution >= 0.6 is 11.3 Å². The molecule has 2 aliphatic rings. The molecule has 0 bridgehead atoms. The molecule has 0 unspecified atom stereocenters. The number of likely N-dealkylation sites (N-methyl/N-ethyl adjacent to an activating group) is 1. The van der Waals surface area contributed by atoms with Gasteiger partial charge >= 0.3 is 5.97 Å². The van der Waals surface area contributed by atoms with Gasteiger partial charge in [-0.1, -0.05) is 6.07 Å². The van der Waals surface area contributed by atoms with E-state index in [4.69, 9.17) is 9.47 Å². The SMILES string of the molecule is COC(=O)c1cc(CN2CCN(C)CC2(C)C)ccc1NC(=O)c1csc(N2CC(OC)C2)n1. The first-order valence-electron chi connectivity index (χ1n) is 11.4. The fourth-order valence-corrected chi connectivity index (χ4v) is 5.29. The average molecular weight is 488 g/mol. The number of ether oxygens (including phenoxy) is 2. The number of nitrogens with zero attached hydrogens (tertiary/aromatic N) is 4. The largest absolute Gasteiger partial charge is 0.465 e. The molecule has 3 heterocycles. The quantitative estimate of drug-likeness (QED) is 0.597. The molecule has 0 saturated carbocycles. The van der Waals surface area contributed by atoms with Crippen LogP contribution in [0.2, 0.25) is 0 Å². The van der Waals surface area contributed by atoms with Gasteiger partial charge in [0.1, 0.15) is 5.69 Å². The zero-order chi connectivity index (χ0) is 24.5. The smallest absolute Gasteiger partial charge is 0.339 e. The van der Waals surface area contributed by atoms with E-state index < -0.39 is 5.97 Å². The van der Waals surface area contributed by atoms with Gasteiger partial charge in [-0.15, -0.1) is 11.3 Å². The topological polar surface area (TPSA) is 87.2 Å². The number of amides is 1. The lowest BCUT2D eigenvalue weighted by molar-refractivity contribution is 0.0254. The van der Waals surface area contributed by atoms with E-state index in [1.165, 1.54) is 18.4 Å². The fraction of sp³-hybridized carbons (Fsp3) is 0.542. The van der Waals surface area contributed by atoms with Crippen molar-refractivity contribution < 1.29 is 19.1 Å². The Balaban J connectivity index is 1.48. The zero-order valence-electron chi connectivity index (χ0n) is 20.5. The second-order valence-corrected chi connectivity index (χ2v) is 10.4. The summed E-state index contributed by atoms with van der Waals surface area (Å²) in [5.41, 5.74) is 2.09. The number of carbonyl (C=O) groups excluding carboxylic acids is 2. The van der Waals surface area contributed by atoms with Crippen LogP contribution in [0.4, 0.5) is 10.8 Å². The Morgan fingerprint density at radius 3 is 2.68 bits per heavy atom. The van der Waals surface area contributed by atoms with E-state index in [9.17, 15) is 9.59 Å². The van der Waals surface area contributed by atoms with Gasteiger partial charge < -0.3 is 24.6 Å². The maximum absolute atomic E-state index is 12.9. The lowest BCUT2D eigenvalue weighted by Gasteiger charge is -2.46. The van der Waals surface area contributed by atoms with Crippen LogP contribution in [0.15, 0.2) is 23.6 Å². The van der Waals surface area contributed by atoms with Crippen molar-refractivity contribution in [2.24, 2.45) is 0 Å². The van der Waals surface area contributed by atoms with Crippen LogP contribution in [0.25, 0.3) is 0 Å². The minimum Gasteiger partial charge on any atom is -0.465 e. The van der Waals surface area contributed by atoms with Gasteiger partial charge in [0, 0.05) is 57.3 Å². The molecule has 2 aliphatic heterocycles. The maximum atomic E-state index is 12.9. The molecule has 0 atom stereocenters. The van der Waals surface area contributed by atoms with Gasteiger partial charge in [0.25, 0.3) is 5.91 Å². The molecule has 0 spiro atoms. The minimum absolute atomic E-state index is 0.0212. The van der Waals surface area contributed by atoms with Crippen molar-refractivity contribution in [3.05, 3.63) is 40.4 Å². The summed E-state index contributed by atoms with van der Waals surface area (Å²) in [6.45, 7) is 9.64. The summed E-state index contributed by atoms with van der Waals surface area (Å²) in [6.07, 6.45) is 0.207. The second kappa shape index (κ2) is 9.99. The molecule has 4 rings (SSSR count). The van der Waals surface area contributed by atoms with Crippen LogP contribution in [0.1, 0.15) is 40.3 Å². The van der Waals surface area contributed by atoms with Crippen LogP contribution in [0, 0.1) is 0 Å². The van der Waals surface area contributed by atoms with Crippen molar-refractivity contribution in [3.8, 4) is 0 Å². The van der Waals surface area contributed by atoms with Crippen LogP contribution in [-0.4, -0.2) is 92.3 Å². The van der Waals surface area contributed by atoms with Gasteiger partial charge in [-0.25, -0.2) is 9.78 Å². The number of thiazole rings is 1. The average Bonchev–Trinajstić information content (AvgIpc) is 3.25. The van der Waals surface area contributed by atoms with Crippen molar-refractivity contribution in [3.63, 3.8) is 0 Å². The second-order valence-electron chi connectivity index (χ2n) is 9.58. The summed E-state index contributed by atoms with van der Waals surface area (Å²) in [5.74, 6) is -0.843. The Bertz CT molecular complexity index is 1050. The molecule has 1 aromatic heterocycles. The van der Waals surface area contributed by atoms with Gasteiger partial charge in [0.2, 0.25) is 0 Å². The van der Waals surface area contributed by atoms with Crippen LogP contribution in [0.5, 0.6) is 0 Å². The van der Waals surface area contributed by atoms with Gasteiger partial charge in [-0.05, 0) is 38.6 Å². The predicted molar refractivity (Wildman–Crippen MR) is 133 cm³/mol. The van der Waals surface area contributed by atoms with E-state index in [-0.39, 0.29) is 17.6 Å². The fourth-order valence-electron chi connectivity index (χ4n) is 4.47. The minimum atomic E-state index is -0.486. The van der Waals surface area contributed by atoms with Crippen LogP contribution in [-0.2, 0) is 16.0 Å². The highest BCUT2D eigenvalue weighted by Crippen LogP contribution is 2.28. The normalized spacial score (nSPS) is 19.0. The number of piperazine rings is 1. The Hall–Kier alpha value is -2.53. The van der Waals surface area contributed by atoms with Gasteiger partial charge in [0.05, 0.1) is 24.5 Å². The van der Waals surface area contributed by atoms with Crippen molar-refractivity contribution in [2.75, 3.05) is 64.2 Å². The molecule has 0 aliphatic carbocycles. The molecule has 9 nitrogen and oxygen atoms in total. The number of aromatic nitrogens is 1. The Morgan fingerprint density at radius 2 is 2.00 bits per heavy atom. The van der Waals surface area contributed by atoms with E-state index in [0.29, 0.717) is 23.5 Å². The molecule has 2 aromatic rings. The molecule has 0 radical (unpaired) electrons. The molecule has 1 amide bonds. The first kappa shape index (κ1) is 24.6. The highest BCUT2D eigenvalue weighted by atomic mass is 32.1. The van der Waals surface area contributed by atoms with E-state index in [2.05, 4.69) is 45.9 Å². The van der Waals surface area contributed by atoms with Crippen molar-refractivity contribution in [2.45, 2.75) is 32.0 Å². The van der Waals surface area contributed by atoms with E-state index in [1.54, 1.807) is 18.6 Å². The summed E-state index contributed by atoms with van der Waals surface area (Å²) < 4.78 is 10.3. The highest BCUT2D eigenvalue weighted by Gasteiger charge is 2.32. The third kappa shape index (κ3) is 5.25. The number of benzene rings is 1. The summed E-state index contributed by atoms with van der Waals surface area (Å²) in [7, 11) is 5.17. The molecule has 2 fully saturated rings. The molecule has 10 heteroatoms. The summed E-state index contributed by atoms with van der Waals surface area (Å²) in [5, 5.41) is 5.36. The Morgan fingerprint density at radius 1 is 1.24 bits per heavy atom. The molecule has 2 saturated heterocycles. The van der Waals surface area contributed by atoms with Crippen LogP contribution in [0.3, 0.4) is 0 Å². The molecular formula is C24H33N5O4S. The predicted octanol–water partition coefficient (Wildman–Crippen LogP) is 2.54. The maximum Gasteiger partial charge on any atom is 0.339 e. The Kier molecular flexibility index (Phi) is 7.22. The van der Waals surface area contributed by atoms with Crippen LogP contribution < -0.4 is 10.2 Å². The van der Waals surface area contributed by atoms with Crippen molar-refractivity contribution in [1.29, 1.82) is 0 Å². The van der Waals surface area contributed by atoms with Gasteiger partial charge in [-0.3, -0.25) is 9.69 Å². The number of nitrogens with one attached hydrogen (secondary N) is 1. The highest BCUT2D eigenvalue weighted by molar-refractivity contribution is 7.14. The number of hydrogen-bond acceptors (Lipinski definition) is 9. The van der Waals surface area contributed by atoms with Gasteiger partial charge in [0.15, 0.2) is 5.13 Å².